The van der Waals surface area contributed by atoms with E-state index in [0.717, 1.165) is 149 Å². The number of benzene rings is 10. The number of para-hydroxylation sites is 5. The van der Waals surface area contributed by atoms with E-state index in [0.29, 0.717) is 35.3 Å². The van der Waals surface area contributed by atoms with Gasteiger partial charge in [0, 0.05) is 119 Å². The molecule has 0 fully saturated rings. The van der Waals surface area contributed by atoms with Gasteiger partial charge in [-0.3, -0.25) is 19.9 Å². The minimum Gasteiger partial charge on any atom is -0.455 e. The second-order valence-corrected chi connectivity index (χ2v) is 32.0. The van der Waals surface area contributed by atoms with Crippen molar-refractivity contribution in [1.82, 2.24) is 24.9 Å². The summed E-state index contributed by atoms with van der Waals surface area (Å²) in [5.41, 5.74) is 34.6. The van der Waals surface area contributed by atoms with E-state index in [4.69, 9.17) is 22.1 Å². The number of rotatable bonds is 10. The number of hydrogen-bond donors (Lipinski definition) is 0. The summed E-state index contributed by atoms with van der Waals surface area (Å²) in [6, 6.07) is 82.8. The molecule has 0 aliphatic heterocycles. The Morgan fingerprint density at radius 3 is 1.07 bits per heavy atom. The van der Waals surface area contributed by atoms with Gasteiger partial charge in [-0.05, 0) is 140 Å². The van der Waals surface area contributed by atoms with Crippen LogP contribution in [0, 0.1) is 34.6 Å². The Morgan fingerprint density at radius 2 is 0.595 bits per heavy atom. The van der Waals surface area contributed by atoms with Crippen LogP contribution in [0.2, 0.25) is 0 Å². The largest absolute Gasteiger partial charge is 0.455 e. The average molecular weight is 1520 g/mol. The van der Waals surface area contributed by atoms with Gasteiger partial charge in [-0.15, -0.1) is 0 Å². The number of nitrogens with zero attached hydrogens (tertiary/aromatic N) is 5. The molecular weight excluding hydrogens is 1420 g/mol. The van der Waals surface area contributed by atoms with E-state index in [9.17, 15) is 0 Å². The maximum Gasteiger partial charge on any atom is 0.227 e. The van der Waals surface area contributed by atoms with Crippen molar-refractivity contribution < 1.29 is 22.1 Å². The number of furan rings is 5. The zero-order valence-electron chi connectivity index (χ0n) is 68.1. The predicted octanol–water partition coefficient (Wildman–Crippen LogP) is 31.0. The Bertz CT molecular complexity index is 6220. The van der Waals surface area contributed by atoms with E-state index < -0.39 is 0 Å². The molecule has 20 aromatic rings. The van der Waals surface area contributed by atoms with Gasteiger partial charge in [-0.1, -0.05) is 305 Å². The fourth-order valence-electron chi connectivity index (χ4n) is 15.4. The summed E-state index contributed by atoms with van der Waals surface area (Å²) < 4.78 is 31.3. The number of fused-ring (bicyclic) bond motifs is 15. The van der Waals surface area contributed by atoms with E-state index in [1.165, 1.54) is 66.8 Å². The summed E-state index contributed by atoms with van der Waals surface area (Å²) in [7, 11) is 0. The van der Waals surface area contributed by atoms with Crippen molar-refractivity contribution in [1.29, 1.82) is 0 Å². The Labute approximate surface area is 679 Å². The van der Waals surface area contributed by atoms with Crippen LogP contribution in [0.4, 0.5) is 0 Å². The molecule has 0 aliphatic rings. The van der Waals surface area contributed by atoms with Crippen molar-refractivity contribution in [3.8, 4) is 55.6 Å². The molecule has 10 aromatic heterocycles. The Balaban J connectivity index is 0.000000114. The molecule has 0 saturated heterocycles. The molecular formula is C106H99N5O5. The van der Waals surface area contributed by atoms with Crippen LogP contribution >= 0.6 is 0 Å². The summed E-state index contributed by atoms with van der Waals surface area (Å²) in [6.45, 7) is 32.3. The molecule has 0 amide bonds. The molecule has 0 atom stereocenters. The number of aromatic nitrogens is 5. The van der Waals surface area contributed by atoms with Gasteiger partial charge in [0.05, 0.1) is 5.69 Å². The monoisotopic (exact) mass is 1520 g/mol. The molecule has 0 radical (unpaired) electrons. The van der Waals surface area contributed by atoms with Crippen LogP contribution < -0.4 is 0 Å². The first-order valence-electron chi connectivity index (χ1n) is 40.1. The predicted molar refractivity (Wildman–Crippen MR) is 486 cm³/mol. The van der Waals surface area contributed by atoms with Gasteiger partial charge in [-0.25, -0.2) is 4.98 Å². The van der Waals surface area contributed by atoms with Crippen LogP contribution in [0.15, 0.2) is 296 Å². The van der Waals surface area contributed by atoms with Crippen molar-refractivity contribution >= 4 is 110 Å². The summed E-state index contributed by atoms with van der Waals surface area (Å²) in [6.07, 6.45) is 11.4. The number of hydrogen-bond acceptors (Lipinski definition) is 10. The highest BCUT2D eigenvalue weighted by atomic mass is 16.3. The first kappa shape index (κ1) is 78.2. The molecule has 116 heavy (non-hydrogen) atoms. The zero-order chi connectivity index (χ0) is 79.9. The second-order valence-electron chi connectivity index (χ2n) is 32.0. The third-order valence-corrected chi connectivity index (χ3v) is 22.0. The van der Waals surface area contributed by atoms with E-state index in [1.807, 2.05) is 49.3 Å². The minimum atomic E-state index is 0. The molecule has 20 rings (SSSR count). The highest BCUT2D eigenvalue weighted by Crippen LogP contribution is 2.44. The van der Waals surface area contributed by atoms with Gasteiger partial charge in [0.2, 0.25) is 5.71 Å². The molecule has 10 nitrogen and oxygen atoms in total. The minimum absolute atomic E-state index is 0. The normalized spacial score (nSPS) is 11.6. The summed E-state index contributed by atoms with van der Waals surface area (Å²) in [4.78, 5) is 22.6. The van der Waals surface area contributed by atoms with Crippen LogP contribution in [-0.2, 0) is 0 Å². The van der Waals surface area contributed by atoms with Crippen molar-refractivity contribution in [2.45, 2.75) is 141 Å². The maximum absolute atomic E-state index is 6.32. The zero-order valence-corrected chi connectivity index (χ0v) is 68.1. The van der Waals surface area contributed by atoms with Gasteiger partial charge in [0.15, 0.2) is 16.7 Å². The van der Waals surface area contributed by atoms with E-state index in [1.54, 1.807) is 0 Å². The quantitative estimate of drug-likeness (QED) is 0.130. The van der Waals surface area contributed by atoms with Crippen molar-refractivity contribution in [3.05, 3.63) is 330 Å². The summed E-state index contributed by atoms with van der Waals surface area (Å²) in [5, 5.41) is 8.94. The van der Waals surface area contributed by atoms with Gasteiger partial charge in [0.1, 0.15) is 44.5 Å². The third-order valence-electron chi connectivity index (χ3n) is 22.0. The fraction of sp³-hybridized carbons (Fsp3) is 0.198. The highest BCUT2D eigenvalue weighted by Gasteiger charge is 2.23. The highest BCUT2D eigenvalue weighted by molar-refractivity contribution is 6.13. The van der Waals surface area contributed by atoms with E-state index >= 15 is 0 Å². The molecule has 10 aromatic carbocycles. The van der Waals surface area contributed by atoms with E-state index in [-0.39, 0.29) is 7.43 Å². The van der Waals surface area contributed by atoms with Crippen molar-refractivity contribution in [2.24, 2.45) is 0 Å². The number of pyridine rings is 5. The first-order valence-corrected chi connectivity index (χ1v) is 40.1. The average Bonchev–Trinajstić information content (AvgIpc) is 1.35. The lowest BCUT2D eigenvalue weighted by atomic mass is 10.0. The second kappa shape index (κ2) is 33.2. The van der Waals surface area contributed by atoms with E-state index in [2.05, 4.69) is 353 Å². The SMILES string of the molecule is C.Cc1ccc(-c2cccc3c2oc2c(C(C)C)ccnc23)cc1.Cc1ccc(-c2cccc3c2oc2c(C(C)C)cncc23)cc1.Cc1ccc(-c2cccc3c2oc2c(C(C)C)nccc23)cc1.Cc1ccc(-c2cccc3c2oc2ncc(C(C)C)cc23)cc1.Cc1ccc(-c2ccnc3c2oc2c(C(C)C)cccc23)cc1. The molecule has 0 aliphatic carbocycles. The smallest absolute Gasteiger partial charge is 0.227 e. The molecule has 10 heterocycles. The van der Waals surface area contributed by atoms with Crippen LogP contribution in [0.3, 0.4) is 0 Å². The molecule has 0 unspecified atom stereocenters. The van der Waals surface area contributed by atoms with Crippen LogP contribution in [0.5, 0.6) is 0 Å². The molecule has 578 valence electrons. The topological polar surface area (TPSA) is 130 Å². The van der Waals surface area contributed by atoms with Crippen molar-refractivity contribution in [3.63, 3.8) is 0 Å². The summed E-state index contributed by atoms with van der Waals surface area (Å²) >= 11 is 0. The first-order chi connectivity index (χ1) is 55.7. The lowest BCUT2D eigenvalue weighted by molar-refractivity contribution is 0.651. The van der Waals surface area contributed by atoms with Gasteiger partial charge in [-0.2, -0.15) is 0 Å². The fourth-order valence-corrected chi connectivity index (χ4v) is 15.4. The lowest BCUT2D eigenvalue weighted by Crippen LogP contribution is -1.91. The van der Waals surface area contributed by atoms with Gasteiger partial charge >= 0.3 is 0 Å². The molecule has 0 saturated carbocycles. The Kier molecular flexibility index (Phi) is 22.4. The molecule has 0 N–H and O–H groups in total. The van der Waals surface area contributed by atoms with Gasteiger partial charge in [0.25, 0.3) is 0 Å². The van der Waals surface area contributed by atoms with Crippen LogP contribution in [0.1, 0.15) is 162 Å². The number of aryl methyl sites for hydroxylation is 5. The molecule has 0 bridgehead atoms. The molecule has 0 spiro atoms. The van der Waals surface area contributed by atoms with Crippen LogP contribution in [0.25, 0.3) is 166 Å². The third kappa shape index (κ3) is 15.4. The van der Waals surface area contributed by atoms with Crippen LogP contribution in [-0.4, -0.2) is 24.9 Å². The van der Waals surface area contributed by atoms with Gasteiger partial charge < -0.3 is 22.1 Å². The molecule has 10 heteroatoms. The van der Waals surface area contributed by atoms with Crippen molar-refractivity contribution in [2.75, 3.05) is 0 Å². The standard InChI is InChI=1S/5C21H19NO.CH4/c1-13(2)16-11-19-18-6-4-5-17(15-9-7-14(3)8-10-15)20(18)23-21(19)22-12-16;1-13(2)18-11-22-12-19-17-6-4-5-16(20(17)23-21(18)19)15-9-7-14(3)8-10-15;1-13(2)16-11-12-22-19-18-6-4-5-17(20(18)23-21(16)19)15-9-7-14(3)8-10-15;1-13(2)19-21-18(11-12-22-19)17-6-4-5-16(20(17)23-21)15-9-7-14(3)8-10-15;1-13(2)16-5-4-6-18-19-21(23-20(16)18)17(11-12-22-19)15-9-7-14(3)8-10-15;/h5*4-13H,1-3H3;1H4. The Hall–Kier alpha value is -13.1. The maximum atomic E-state index is 6.32. The Morgan fingerprint density at radius 1 is 0.241 bits per heavy atom. The lowest BCUT2D eigenvalue weighted by Gasteiger charge is -2.04. The summed E-state index contributed by atoms with van der Waals surface area (Å²) in [5.74, 6) is 2.00.